The van der Waals surface area contributed by atoms with Crippen molar-refractivity contribution in [3.8, 4) is 0 Å². The van der Waals surface area contributed by atoms with Gasteiger partial charge in [0.15, 0.2) is 0 Å². The van der Waals surface area contributed by atoms with Crippen LogP contribution in [0.3, 0.4) is 0 Å². The molecule has 0 saturated carbocycles. The Hall–Kier alpha value is -0.940. The molecule has 0 aliphatic heterocycles. The Morgan fingerprint density at radius 2 is 2.10 bits per heavy atom. The summed E-state index contributed by atoms with van der Waals surface area (Å²) in [6, 6.07) is 3.54. The number of carbonyl (C=O) groups excluding carboxylic acids is 1. The summed E-state index contributed by atoms with van der Waals surface area (Å²) in [5, 5.41) is 3.50. The number of hydrogen-bond acceptors (Lipinski definition) is 5. The first-order valence-electron chi connectivity index (χ1n) is 6.98. The maximum Gasteiger partial charge on any atom is 0.373 e. The second kappa shape index (κ2) is 7.74. The zero-order valence-corrected chi connectivity index (χ0v) is 13.8. The van der Waals surface area contributed by atoms with E-state index in [-0.39, 0.29) is 16.5 Å². The summed E-state index contributed by atoms with van der Waals surface area (Å²) in [5.41, 5.74) is 0. The summed E-state index contributed by atoms with van der Waals surface area (Å²) in [6.45, 7) is 7.39. The molecule has 0 amide bonds. The lowest BCUT2D eigenvalue weighted by Crippen LogP contribution is -2.37. The quantitative estimate of drug-likeness (QED) is 0.743. The highest BCUT2D eigenvalue weighted by Crippen LogP contribution is 2.30. The third-order valence-electron chi connectivity index (χ3n) is 3.89. The van der Waals surface area contributed by atoms with Crippen molar-refractivity contribution >= 4 is 17.7 Å². The summed E-state index contributed by atoms with van der Waals surface area (Å²) in [4.78, 5) is 11.4. The van der Waals surface area contributed by atoms with E-state index >= 15 is 0 Å². The monoisotopic (exact) mass is 299 g/mol. The maximum absolute atomic E-state index is 11.4. The number of nitrogens with one attached hydrogen (secondary N) is 1. The average Bonchev–Trinajstić information content (AvgIpc) is 2.98. The van der Waals surface area contributed by atoms with Gasteiger partial charge in [-0.2, -0.15) is 11.8 Å². The van der Waals surface area contributed by atoms with Crippen LogP contribution in [0.4, 0.5) is 0 Å². The highest BCUT2D eigenvalue weighted by Gasteiger charge is 2.26. The molecule has 0 radical (unpaired) electrons. The van der Waals surface area contributed by atoms with Gasteiger partial charge in [0, 0.05) is 11.3 Å². The molecule has 0 saturated heterocycles. The van der Waals surface area contributed by atoms with Crippen LogP contribution in [0.2, 0.25) is 0 Å². The normalized spacial score (nSPS) is 13.2. The van der Waals surface area contributed by atoms with Gasteiger partial charge in [-0.05, 0) is 38.2 Å². The van der Waals surface area contributed by atoms with E-state index in [4.69, 9.17) is 4.42 Å². The molecule has 1 unspecified atom stereocenters. The molecule has 114 valence electrons. The molecular weight excluding hydrogens is 274 g/mol. The fourth-order valence-electron chi connectivity index (χ4n) is 2.10. The van der Waals surface area contributed by atoms with Crippen LogP contribution in [0.1, 0.15) is 56.0 Å². The van der Waals surface area contributed by atoms with Gasteiger partial charge in [-0.25, -0.2) is 4.79 Å². The zero-order valence-electron chi connectivity index (χ0n) is 13.0. The molecule has 5 heteroatoms. The van der Waals surface area contributed by atoms with E-state index in [1.54, 1.807) is 6.07 Å². The fraction of sp³-hybridized carbons (Fsp3) is 0.667. The van der Waals surface area contributed by atoms with E-state index in [2.05, 4.69) is 30.2 Å². The lowest BCUT2D eigenvalue weighted by atomic mass is 10.0. The van der Waals surface area contributed by atoms with Crippen molar-refractivity contribution in [2.24, 2.45) is 0 Å². The van der Waals surface area contributed by atoms with E-state index in [1.807, 2.05) is 24.8 Å². The van der Waals surface area contributed by atoms with Gasteiger partial charge in [0.05, 0.1) is 13.2 Å². The third-order valence-corrected chi connectivity index (χ3v) is 5.48. The molecule has 1 rings (SSSR count). The number of hydrogen-bond donors (Lipinski definition) is 1. The highest BCUT2D eigenvalue weighted by molar-refractivity contribution is 8.00. The van der Waals surface area contributed by atoms with Gasteiger partial charge in [-0.1, -0.05) is 13.8 Å². The van der Waals surface area contributed by atoms with Crippen LogP contribution in [0.5, 0.6) is 0 Å². The van der Waals surface area contributed by atoms with E-state index in [0.29, 0.717) is 0 Å². The Kier molecular flexibility index (Phi) is 6.62. The molecule has 1 atom stereocenters. The first-order valence-corrected chi connectivity index (χ1v) is 8.21. The number of carbonyl (C=O) groups is 1. The topological polar surface area (TPSA) is 51.5 Å². The molecule has 1 aromatic rings. The minimum atomic E-state index is -0.441. The van der Waals surface area contributed by atoms with Gasteiger partial charge < -0.3 is 14.5 Å². The SMILES string of the molecule is CCC(CC)(CNC(C)c1ccc(C(=O)OC)o1)SC. The summed E-state index contributed by atoms with van der Waals surface area (Å²) in [6.07, 6.45) is 4.40. The molecule has 1 aromatic heterocycles. The van der Waals surface area contributed by atoms with Crippen LogP contribution in [0.25, 0.3) is 0 Å². The molecule has 0 fully saturated rings. The molecule has 0 aromatic carbocycles. The van der Waals surface area contributed by atoms with Gasteiger partial charge in [0.1, 0.15) is 5.76 Å². The summed E-state index contributed by atoms with van der Waals surface area (Å²) >= 11 is 1.90. The van der Waals surface area contributed by atoms with Crippen LogP contribution in [0.15, 0.2) is 16.5 Å². The first-order chi connectivity index (χ1) is 9.51. The van der Waals surface area contributed by atoms with Crippen molar-refractivity contribution in [1.29, 1.82) is 0 Å². The Morgan fingerprint density at radius 1 is 1.45 bits per heavy atom. The highest BCUT2D eigenvalue weighted by atomic mass is 32.2. The molecule has 1 heterocycles. The van der Waals surface area contributed by atoms with Gasteiger partial charge in [0.25, 0.3) is 0 Å². The first kappa shape index (κ1) is 17.1. The summed E-state index contributed by atoms with van der Waals surface area (Å²) < 4.78 is 10.4. The Morgan fingerprint density at radius 3 is 2.60 bits per heavy atom. The fourth-order valence-corrected chi connectivity index (χ4v) is 2.90. The maximum atomic E-state index is 11.4. The molecule has 0 spiro atoms. The van der Waals surface area contributed by atoms with E-state index in [0.717, 1.165) is 25.1 Å². The predicted molar refractivity (Wildman–Crippen MR) is 83.3 cm³/mol. The smallest absolute Gasteiger partial charge is 0.373 e. The van der Waals surface area contributed by atoms with E-state index < -0.39 is 5.97 Å². The van der Waals surface area contributed by atoms with Crippen LogP contribution >= 0.6 is 11.8 Å². The van der Waals surface area contributed by atoms with Crippen molar-refractivity contribution in [2.75, 3.05) is 19.9 Å². The molecule has 20 heavy (non-hydrogen) atoms. The molecule has 0 aliphatic carbocycles. The minimum absolute atomic E-state index is 0.0676. The van der Waals surface area contributed by atoms with Gasteiger partial charge in [0.2, 0.25) is 5.76 Å². The van der Waals surface area contributed by atoms with Crippen molar-refractivity contribution in [2.45, 2.75) is 44.4 Å². The molecule has 0 bridgehead atoms. The lowest BCUT2D eigenvalue weighted by Gasteiger charge is -2.31. The van der Waals surface area contributed by atoms with Crippen molar-refractivity contribution in [1.82, 2.24) is 5.32 Å². The van der Waals surface area contributed by atoms with Crippen LogP contribution in [-0.2, 0) is 4.74 Å². The van der Waals surface area contributed by atoms with Gasteiger partial charge in [-0.3, -0.25) is 0 Å². The van der Waals surface area contributed by atoms with E-state index in [9.17, 15) is 4.79 Å². The number of thioether (sulfide) groups is 1. The Balaban J connectivity index is 2.65. The molecule has 4 nitrogen and oxygen atoms in total. The minimum Gasteiger partial charge on any atom is -0.463 e. The number of esters is 1. The number of ether oxygens (including phenoxy) is 1. The van der Waals surface area contributed by atoms with Gasteiger partial charge >= 0.3 is 5.97 Å². The van der Waals surface area contributed by atoms with Crippen LogP contribution in [0, 0.1) is 0 Å². The second-order valence-corrected chi connectivity index (χ2v) is 6.16. The van der Waals surface area contributed by atoms with Gasteiger partial charge in [-0.15, -0.1) is 0 Å². The molecular formula is C15H25NO3S. The Bertz CT molecular complexity index is 418. The largest absolute Gasteiger partial charge is 0.463 e. The van der Waals surface area contributed by atoms with E-state index in [1.165, 1.54) is 7.11 Å². The number of furan rings is 1. The third kappa shape index (κ3) is 4.03. The average molecular weight is 299 g/mol. The Labute approximate surface area is 125 Å². The standard InChI is InChI=1S/C15H25NO3S/c1-6-15(7-2,20-5)10-16-11(3)12-8-9-13(19-12)14(17)18-4/h8-9,11,16H,6-7,10H2,1-5H3. The summed E-state index contributed by atoms with van der Waals surface area (Å²) in [5.74, 6) is 0.565. The second-order valence-electron chi connectivity index (χ2n) is 4.89. The van der Waals surface area contributed by atoms with Crippen molar-refractivity contribution in [3.63, 3.8) is 0 Å². The lowest BCUT2D eigenvalue weighted by molar-refractivity contribution is 0.0562. The van der Waals surface area contributed by atoms with Crippen LogP contribution in [-0.4, -0.2) is 30.6 Å². The molecule has 1 N–H and O–H groups in total. The number of methoxy groups -OCH3 is 1. The number of rotatable bonds is 8. The zero-order chi connectivity index (χ0) is 15.2. The predicted octanol–water partition coefficient (Wildman–Crippen LogP) is 3.64. The summed E-state index contributed by atoms with van der Waals surface area (Å²) in [7, 11) is 1.35. The molecule has 0 aliphatic rings. The van der Waals surface area contributed by atoms with Crippen LogP contribution < -0.4 is 5.32 Å². The van der Waals surface area contributed by atoms with Crippen molar-refractivity contribution < 1.29 is 13.9 Å². The van der Waals surface area contributed by atoms with Crippen molar-refractivity contribution in [3.05, 3.63) is 23.7 Å².